The van der Waals surface area contributed by atoms with E-state index in [1.54, 1.807) is 12.1 Å². The predicted molar refractivity (Wildman–Crippen MR) is 183 cm³/mol. The van der Waals surface area contributed by atoms with Crippen LogP contribution in [0.25, 0.3) is 0 Å². The summed E-state index contributed by atoms with van der Waals surface area (Å²) in [5, 5.41) is 3.81. The van der Waals surface area contributed by atoms with Crippen LogP contribution in [0.2, 0.25) is 0 Å². The first-order chi connectivity index (χ1) is 25.8. The molecule has 21 nitrogen and oxygen atoms in total. The van der Waals surface area contributed by atoms with E-state index in [0.29, 0.717) is 5.56 Å². The van der Waals surface area contributed by atoms with Crippen molar-refractivity contribution < 1.29 is 85.7 Å². The monoisotopic (exact) mass is 799 g/mol. The van der Waals surface area contributed by atoms with Crippen LogP contribution in [-0.4, -0.2) is 121 Å². The van der Waals surface area contributed by atoms with Gasteiger partial charge in [0.05, 0.1) is 6.21 Å². The number of nitrogens with zero attached hydrogens (tertiary/aromatic N) is 1. The van der Waals surface area contributed by atoms with Crippen LogP contribution in [0.5, 0.6) is 5.75 Å². The third-order valence-corrected chi connectivity index (χ3v) is 7.19. The second-order valence-electron chi connectivity index (χ2n) is 11.7. The molecule has 0 bridgehead atoms. The summed E-state index contributed by atoms with van der Waals surface area (Å²) in [6.07, 6.45) is -15.5. The number of nitrogens with two attached hydrogens (primary N) is 1. The maximum absolute atomic E-state index is 12.6. The molecule has 1 aromatic carbocycles. The summed E-state index contributed by atoms with van der Waals surface area (Å²) in [6, 6.07) is 6.12. The van der Waals surface area contributed by atoms with Crippen molar-refractivity contribution in [2.75, 3.05) is 6.61 Å². The van der Waals surface area contributed by atoms with Gasteiger partial charge in [-0.25, -0.2) is 0 Å². The molecule has 2 fully saturated rings. The number of benzene rings is 1. The molecule has 55 heavy (non-hydrogen) atoms. The van der Waals surface area contributed by atoms with E-state index in [2.05, 4.69) is 10.5 Å². The van der Waals surface area contributed by atoms with Crippen LogP contribution in [0.4, 0.5) is 0 Å². The van der Waals surface area contributed by atoms with Crippen molar-refractivity contribution in [2.24, 2.45) is 10.8 Å². The Labute approximate surface area is 319 Å². The number of nitrogens with one attached hydrogen (secondary N) is 1. The minimum atomic E-state index is -1.88. The van der Waals surface area contributed by atoms with Gasteiger partial charge in [0, 0.05) is 48.5 Å². The Kier molecular flexibility index (Phi) is 16.2. The zero-order chi connectivity index (χ0) is 41.0. The number of ether oxygens (including phenoxy) is 11. The maximum Gasteiger partial charge on any atom is 0.305 e. The van der Waals surface area contributed by atoms with Gasteiger partial charge in [0.2, 0.25) is 18.7 Å². The number of hydrogen-bond donors (Lipinski definition) is 2. The lowest BCUT2D eigenvalue weighted by Gasteiger charge is -2.48. The summed E-state index contributed by atoms with van der Waals surface area (Å²) in [5.41, 5.74) is 8.35. The Morgan fingerprint density at radius 1 is 0.636 bits per heavy atom. The smallest absolute Gasteiger partial charge is 0.305 e. The van der Waals surface area contributed by atoms with Gasteiger partial charge >= 0.3 is 41.8 Å². The molecule has 0 aliphatic carbocycles. The average Bonchev–Trinajstić information content (AvgIpc) is 3.05. The molecule has 1 aromatic rings. The molecule has 0 unspecified atom stereocenters. The fraction of sp³-hybridized carbons (Fsp3) is 0.545. The average molecular weight is 800 g/mol. The van der Waals surface area contributed by atoms with Crippen molar-refractivity contribution in [1.29, 1.82) is 0 Å². The van der Waals surface area contributed by atoms with Gasteiger partial charge in [-0.3, -0.25) is 43.7 Å². The van der Waals surface area contributed by atoms with Gasteiger partial charge in [0.15, 0.2) is 41.9 Å². The molecule has 22 heteroatoms. The first-order valence-electron chi connectivity index (χ1n) is 16.3. The number of hydrazone groups is 1. The highest BCUT2D eigenvalue weighted by Crippen LogP contribution is 2.36. The van der Waals surface area contributed by atoms with Crippen LogP contribution in [-0.2, 0) is 80.9 Å². The summed E-state index contributed by atoms with van der Waals surface area (Å²) in [6.45, 7) is 6.64. The molecule has 10 atom stereocenters. The highest BCUT2D eigenvalue weighted by Gasteiger charge is 2.58. The van der Waals surface area contributed by atoms with Crippen molar-refractivity contribution in [2.45, 2.75) is 110 Å². The SMILES string of the molecule is CC(=O)OC[C@H]1O[C@H](O[C@@H]2[C@@H](OC(C)=O)O[C@@H](Oc3ccc(/C=N/NC(N)=S)cc3)[C@H](OC(C)=O)[C@H]2OC(C)=O)[C@H](OC(C)=O)[C@@H](OC(C)=O)[C@H]1OC(C)=O. The van der Waals surface area contributed by atoms with Gasteiger partial charge in [0.25, 0.3) is 0 Å². The summed E-state index contributed by atoms with van der Waals surface area (Å²) >= 11 is 4.71. The number of carbonyl (C=O) groups excluding carboxylic acids is 7. The fourth-order valence-electron chi connectivity index (χ4n) is 5.31. The van der Waals surface area contributed by atoms with E-state index in [1.807, 2.05) is 0 Å². The lowest BCUT2D eigenvalue weighted by Crippen LogP contribution is -2.67. The van der Waals surface area contributed by atoms with Gasteiger partial charge in [0.1, 0.15) is 18.5 Å². The van der Waals surface area contributed by atoms with Crippen molar-refractivity contribution in [1.82, 2.24) is 5.43 Å². The zero-order valence-electron chi connectivity index (χ0n) is 30.6. The molecule has 0 amide bonds. The van der Waals surface area contributed by atoms with Gasteiger partial charge in [-0.2, -0.15) is 5.10 Å². The first kappa shape index (κ1) is 44.0. The molecule has 2 aliphatic heterocycles. The molecule has 2 heterocycles. The van der Waals surface area contributed by atoms with Crippen LogP contribution < -0.4 is 15.9 Å². The maximum atomic E-state index is 12.6. The lowest BCUT2D eigenvalue weighted by atomic mass is 9.97. The van der Waals surface area contributed by atoms with Crippen LogP contribution in [0, 0.1) is 0 Å². The highest BCUT2D eigenvalue weighted by atomic mass is 32.1. The Balaban J connectivity index is 2.12. The molecule has 0 aromatic heterocycles. The molecule has 3 rings (SSSR count). The van der Waals surface area contributed by atoms with Gasteiger partial charge in [-0.05, 0) is 42.0 Å². The van der Waals surface area contributed by atoms with E-state index in [1.165, 1.54) is 18.3 Å². The van der Waals surface area contributed by atoms with Gasteiger partial charge < -0.3 is 53.1 Å². The topological polar surface area (TPSA) is 271 Å². The third kappa shape index (κ3) is 13.7. The molecular formula is C33H41N3O18S. The largest absolute Gasteiger partial charge is 0.463 e. The van der Waals surface area contributed by atoms with E-state index in [0.717, 1.165) is 48.5 Å². The quantitative estimate of drug-likeness (QED) is 0.0811. The molecule has 0 spiro atoms. The van der Waals surface area contributed by atoms with Crippen LogP contribution in [0.3, 0.4) is 0 Å². The lowest BCUT2D eigenvalue weighted by molar-refractivity contribution is -0.376. The fourth-order valence-corrected chi connectivity index (χ4v) is 5.36. The summed E-state index contributed by atoms with van der Waals surface area (Å²) in [4.78, 5) is 86.1. The predicted octanol–water partition coefficient (Wildman–Crippen LogP) is -0.190. The minimum absolute atomic E-state index is 0.0525. The summed E-state index contributed by atoms with van der Waals surface area (Å²) in [5.74, 6) is -6.16. The Bertz CT molecular complexity index is 1620. The zero-order valence-corrected chi connectivity index (χ0v) is 31.5. The second kappa shape index (κ2) is 20.3. The number of esters is 7. The minimum Gasteiger partial charge on any atom is -0.463 e. The number of carbonyl (C=O) groups is 7. The van der Waals surface area contributed by atoms with E-state index in [9.17, 15) is 33.6 Å². The number of rotatable bonds is 14. The summed E-state index contributed by atoms with van der Waals surface area (Å²) in [7, 11) is 0. The molecule has 3 N–H and O–H groups in total. The molecular weight excluding hydrogens is 758 g/mol. The van der Waals surface area contributed by atoms with Crippen molar-refractivity contribution in [3.05, 3.63) is 29.8 Å². The van der Waals surface area contributed by atoms with E-state index in [-0.39, 0.29) is 10.9 Å². The van der Waals surface area contributed by atoms with E-state index >= 15 is 0 Å². The Hall–Kier alpha value is -5.45. The molecule has 2 saturated heterocycles. The van der Waals surface area contributed by atoms with Crippen LogP contribution in [0.15, 0.2) is 29.4 Å². The highest BCUT2D eigenvalue weighted by molar-refractivity contribution is 7.80. The van der Waals surface area contributed by atoms with Crippen molar-refractivity contribution in [3.8, 4) is 5.75 Å². The van der Waals surface area contributed by atoms with Crippen LogP contribution >= 0.6 is 12.2 Å². The molecule has 0 saturated carbocycles. The standard InChI is InChI=1S/C33H41N3O18S/c1-14(37)44-13-23-24(45-15(2)38)25(46-16(3)39)27(48-18(5)41)32(52-23)53-29-26(47-17(4)40)28(49-19(6)42)31(54-30(29)50-20(7)43)51-22-10-8-21(9-11-22)12-35-36-33(34)55/h8-12,23-32H,13H2,1-7H3,(H3,34,36,55)/b35-12+/t23-,24+,25+,26-,27-,28-,29+,30+,31-,32-/m1/s1. The number of hydrogen-bond acceptors (Lipinski definition) is 20. The first-order valence-corrected chi connectivity index (χ1v) is 16.7. The Morgan fingerprint density at radius 3 is 1.60 bits per heavy atom. The van der Waals surface area contributed by atoms with Gasteiger partial charge in [-0.15, -0.1) is 0 Å². The number of thiocarbonyl (C=S) groups is 1. The van der Waals surface area contributed by atoms with Crippen molar-refractivity contribution >= 4 is 65.3 Å². The van der Waals surface area contributed by atoms with Crippen LogP contribution in [0.1, 0.15) is 54.0 Å². The molecule has 2 aliphatic rings. The molecule has 302 valence electrons. The summed E-state index contributed by atoms with van der Waals surface area (Å²) < 4.78 is 62.1. The second-order valence-corrected chi connectivity index (χ2v) is 12.2. The Morgan fingerprint density at radius 2 is 1.11 bits per heavy atom. The van der Waals surface area contributed by atoms with E-state index < -0.39 is 110 Å². The van der Waals surface area contributed by atoms with E-state index in [4.69, 9.17) is 70.1 Å². The van der Waals surface area contributed by atoms with Crippen molar-refractivity contribution in [3.63, 3.8) is 0 Å². The molecule has 0 radical (unpaired) electrons. The third-order valence-electron chi connectivity index (χ3n) is 7.10. The van der Waals surface area contributed by atoms with Gasteiger partial charge in [-0.1, -0.05) is 0 Å². The normalized spacial score (nSPS) is 27.4.